The Bertz CT molecular complexity index is 322. The molecule has 0 aliphatic rings. The van der Waals surface area contributed by atoms with Crippen molar-refractivity contribution in [3.8, 4) is 12.3 Å². The van der Waals surface area contributed by atoms with Crippen molar-refractivity contribution in [2.45, 2.75) is 6.92 Å². The summed E-state index contributed by atoms with van der Waals surface area (Å²) in [5.41, 5.74) is 0.688. The van der Waals surface area contributed by atoms with Crippen LogP contribution in [0.1, 0.15) is 15.2 Å². The second kappa shape index (κ2) is 3.93. The molecule has 0 aliphatic heterocycles. The molecule has 2 nitrogen and oxygen atoms in total. The van der Waals surface area contributed by atoms with Crippen LogP contribution in [0.2, 0.25) is 0 Å². The van der Waals surface area contributed by atoms with Crippen LogP contribution in [0.15, 0.2) is 11.4 Å². The second-order valence-electron chi connectivity index (χ2n) is 2.33. The molecule has 1 amide bonds. The molecule has 1 N–H and O–H groups in total. The van der Waals surface area contributed by atoms with Crippen molar-refractivity contribution in [2.75, 3.05) is 6.54 Å². The molecule has 0 bridgehead atoms. The van der Waals surface area contributed by atoms with E-state index in [2.05, 4.69) is 11.2 Å². The topological polar surface area (TPSA) is 29.1 Å². The van der Waals surface area contributed by atoms with Gasteiger partial charge in [-0.2, -0.15) is 0 Å². The van der Waals surface area contributed by atoms with Gasteiger partial charge in [0.1, 0.15) is 0 Å². The SMILES string of the molecule is C#CCNC(=O)c1csc(C)c1. The van der Waals surface area contributed by atoms with Crippen molar-refractivity contribution in [1.82, 2.24) is 5.32 Å². The lowest BCUT2D eigenvalue weighted by molar-refractivity contribution is 0.0959. The first-order valence-corrected chi connectivity index (χ1v) is 4.39. The van der Waals surface area contributed by atoms with Crippen LogP contribution in [0.4, 0.5) is 0 Å². The predicted molar refractivity (Wildman–Crippen MR) is 50.2 cm³/mol. The van der Waals surface area contributed by atoms with E-state index in [0.717, 1.165) is 4.88 Å². The Morgan fingerprint density at radius 2 is 2.58 bits per heavy atom. The summed E-state index contributed by atoms with van der Waals surface area (Å²) in [6.45, 7) is 2.25. The number of hydrogen-bond donors (Lipinski definition) is 1. The van der Waals surface area contributed by atoms with E-state index >= 15 is 0 Å². The Hall–Kier alpha value is -1.27. The zero-order chi connectivity index (χ0) is 8.97. The highest BCUT2D eigenvalue weighted by Crippen LogP contribution is 2.12. The van der Waals surface area contributed by atoms with Crippen molar-refractivity contribution < 1.29 is 4.79 Å². The molecule has 1 heterocycles. The number of amides is 1. The highest BCUT2D eigenvalue weighted by molar-refractivity contribution is 7.10. The van der Waals surface area contributed by atoms with E-state index in [1.54, 1.807) is 11.3 Å². The summed E-state index contributed by atoms with van der Waals surface area (Å²) in [5, 5.41) is 4.41. The molecule has 1 aromatic rings. The maximum Gasteiger partial charge on any atom is 0.252 e. The zero-order valence-corrected chi connectivity index (χ0v) is 7.57. The third-order valence-corrected chi connectivity index (χ3v) is 2.21. The molecule has 0 atom stereocenters. The van der Waals surface area contributed by atoms with Gasteiger partial charge >= 0.3 is 0 Å². The van der Waals surface area contributed by atoms with E-state index in [1.807, 2.05) is 18.4 Å². The first-order valence-electron chi connectivity index (χ1n) is 3.51. The lowest BCUT2D eigenvalue weighted by atomic mass is 10.3. The molecule has 0 spiro atoms. The number of terminal acetylenes is 1. The van der Waals surface area contributed by atoms with Crippen LogP contribution >= 0.6 is 11.3 Å². The van der Waals surface area contributed by atoms with E-state index in [4.69, 9.17) is 6.42 Å². The van der Waals surface area contributed by atoms with Crippen LogP contribution in [0.25, 0.3) is 0 Å². The molecule has 1 rings (SSSR count). The van der Waals surface area contributed by atoms with Gasteiger partial charge in [-0.3, -0.25) is 4.79 Å². The summed E-state index contributed by atoms with van der Waals surface area (Å²) >= 11 is 1.55. The van der Waals surface area contributed by atoms with Crippen molar-refractivity contribution in [3.63, 3.8) is 0 Å². The molecule has 12 heavy (non-hydrogen) atoms. The smallest absolute Gasteiger partial charge is 0.252 e. The van der Waals surface area contributed by atoms with Crippen molar-refractivity contribution >= 4 is 17.2 Å². The molecule has 62 valence electrons. The minimum atomic E-state index is -0.0997. The van der Waals surface area contributed by atoms with Crippen LogP contribution in [0.3, 0.4) is 0 Å². The van der Waals surface area contributed by atoms with Crippen LogP contribution in [0, 0.1) is 19.3 Å². The van der Waals surface area contributed by atoms with Gasteiger partial charge in [0.05, 0.1) is 12.1 Å². The van der Waals surface area contributed by atoms with Gasteiger partial charge in [-0.05, 0) is 13.0 Å². The number of aryl methyl sites for hydroxylation is 1. The average molecular weight is 179 g/mol. The number of nitrogens with one attached hydrogen (secondary N) is 1. The summed E-state index contributed by atoms with van der Waals surface area (Å²) < 4.78 is 0. The van der Waals surface area contributed by atoms with Crippen LogP contribution in [-0.4, -0.2) is 12.5 Å². The minimum absolute atomic E-state index is 0.0997. The lowest BCUT2D eigenvalue weighted by Gasteiger charge is -1.96. The Morgan fingerprint density at radius 1 is 1.83 bits per heavy atom. The van der Waals surface area contributed by atoms with E-state index in [0.29, 0.717) is 5.56 Å². The number of carbonyl (C=O) groups excluding carboxylic acids is 1. The summed E-state index contributed by atoms with van der Waals surface area (Å²) in [6.07, 6.45) is 5.00. The van der Waals surface area contributed by atoms with Gasteiger partial charge in [-0.15, -0.1) is 17.8 Å². The van der Waals surface area contributed by atoms with E-state index < -0.39 is 0 Å². The summed E-state index contributed by atoms with van der Waals surface area (Å²) in [4.78, 5) is 12.3. The fourth-order valence-corrected chi connectivity index (χ4v) is 1.48. The Balaban J connectivity index is 2.61. The highest BCUT2D eigenvalue weighted by atomic mass is 32.1. The van der Waals surface area contributed by atoms with E-state index in [1.165, 1.54) is 0 Å². The van der Waals surface area contributed by atoms with E-state index in [9.17, 15) is 4.79 Å². The maximum atomic E-state index is 11.2. The fraction of sp³-hybridized carbons (Fsp3) is 0.222. The largest absolute Gasteiger partial charge is 0.341 e. The van der Waals surface area contributed by atoms with Crippen molar-refractivity contribution in [3.05, 3.63) is 21.9 Å². The molecule has 0 saturated carbocycles. The quantitative estimate of drug-likeness (QED) is 0.683. The second-order valence-corrected chi connectivity index (χ2v) is 3.45. The lowest BCUT2D eigenvalue weighted by Crippen LogP contribution is -2.22. The molecule has 0 fully saturated rings. The average Bonchev–Trinajstić information content (AvgIpc) is 2.47. The van der Waals surface area contributed by atoms with Gasteiger partial charge in [0, 0.05) is 10.3 Å². The monoisotopic (exact) mass is 179 g/mol. The molecule has 0 radical (unpaired) electrons. The maximum absolute atomic E-state index is 11.2. The van der Waals surface area contributed by atoms with Gasteiger partial charge < -0.3 is 5.32 Å². The zero-order valence-electron chi connectivity index (χ0n) is 6.76. The molecule has 3 heteroatoms. The molecule has 0 saturated heterocycles. The molecular formula is C9H9NOS. The van der Waals surface area contributed by atoms with E-state index in [-0.39, 0.29) is 12.5 Å². The number of carbonyl (C=O) groups is 1. The van der Waals surface area contributed by atoms with Crippen molar-refractivity contribution in [1.29, 1.82) is 0 Å². The summed E-state index contributed by atoms with van der Waals surface area (Å²) in [5.74, 6) is 2.25. The van der Waals surface area contributed by atoms with Gasteiger partial charge in [0.15, 0.2) is 0 Å². The van der Waals surface area contributed by atoms with Gasteiger partial charge in [0.25, 0.3) is 5.91 Å². The summed E-state index contributed by atoms with van der Waals surface area (Å²) in [7, 11) is 0. The number of hydrogen-bond acceptors (Lipinski definition) is 2. The van der Waals surface area contributed by atoms with Crippen LogP contribution in [-0.2, 0) is 0 Å². The molecular weight excluding hydrogens is 170 g/mol. The molecule has 1 aromatic heterocycles. The molecule has 0 aromatic carbocycles. The third-order valence-electron chi connectivity index (χ3n) is 1.34. The third kappa shape index (κ3) is 2.11. The first kappa shape index (κ1) is 8.82. The standard InChI is InChI=1S/C9H9NOS/c1-3-4-10-9(11)8-5-7(2)12-6-8/h1,5-6H,4H2,2H3,(H,10,11). The van der Waals surface area contributed by atoms with Crippen LogP contribution < -0.4 is 5.32 Å². The van der Waals surface area contributed by atoms with Gasteiger partial charge in [0.2, 0.25) is 0 Å². The highest BCUT2D eigenvalue weighted by Gasteiger charge is 2.04. The number of rotatable bonds is 2. The molecule has 0 aliphatic carbocycles. The predicted octanol–water partition coefficient (Wildman–Crippen LogP) is 1.42. The fourth-order valence-electron chi connectivity index (χ4n) is 0.796. The van der Waals surface area contributed by atoms with Crippen LogP contribution in [0.5, 0.6) is 0 Å². The van der Waals surface area contributed by atoms with Crippen molar-refractivity contribution in [2.24, 2.45) is 0 Å². The Morgan fingerprint density at radius 3 is 3.08 bits per heavy atom. The molecule has 0 unspecified atom stereocenters. The van der Waals surface area contributed by atoms with Gasteiger partial charge in [-0.1, -0.05) is 5.92 Å². The minimum Gasteiger partial charge on any atom is -0.341 e. The number of thiophene rings is 1. The summed E-state index contributed by atoms with van der Waals surface area (Å²) in [6, 6.07) is 1.84. The first-order chi connectivity index (χ1) is 5.74. The Kier molecular flexibility index (Phi) is 2.89. The normalized spacial score (nSPS) is 9.00. The Labute approximate surface area is 75.6 Å². The van der Waals surface area contributed by atoms with Gasteiger partial charge in [-0.25, -0.2) is 0 Å².